The third kappa shape index (κ3) is 3.56. The lowest BCUT2D eigenvalue weighted by Gasteiger charge is -2.16. The van der Waals surface area contributed by atoms with E-state index < -0.39 is 0 Å². The van der Waals surface area contributed by atoms with E-state index >= 15 is 0 Å². The first-order valence-corrected chi connectivity index (χ1v) is 6.95. The molecule has 1 aromatic heterocycles. The summed E-state index contributed by atoms with van der Waals surface area (Å²) in [5.74, 6) is 0.966. The molecular weight excluding hydrogens is 210 g/mol. The minimum absolute atomic E-state index is 0.760. The summed E-state index contributed by atoms with van der Waals surface area (Å²) in [6.07, 6.45) is 5.31. The highest BCUT2D eigenvalue weighted by molar-refractivity contribution is 5.06. The fraction of sp³-hybridized carbons (Fsp3) is 0.786. The van der Waals surface area contributed by atoms with Gasteiger partial charge in [0.1, 0.15) is 0 Å². The minimum atomic E-state index is 0.760. The third-order valence-corrected chi connectivity index (χ3v) is 3.69. The summed E-state index contributed by atoms with van der Waals surface area (Å²) in [6.45, 7) is 8.63. The molecule has 1 aliphatic carbocycles. The zero-order chi connectivity index (χ0) is 12.3. The van der Waals surface area contributed by atoms with Crippen LogP contribution in [-0.2, 0) is 6.54 Å². The molecule has 0 aliphatic heterocycles. The monoisotopic (exact) mass is 235 g/mol. The molecule has 17 heavy (non-hydrogen) atoms. The van der Waals surface area contributed by atoms with Gasteiger partial charge in [0.2, 0.25) is 0 Å². The third-order valence-electron chi connectivity index (χ3n) is 3.69. The lowest BCUT2D eigenvalue weighted by atomic mass is 10.1. The van der Waals surface area contributed by atoms with Crippen molar-refractivity contribution < 1.29 is 0 Å². The summed E-state index contributed by atoms with van der Waals surface area (Å²) in [6, 6.07) is 2.90. The molecule has 0 bridgehead atoms. The molecule has 1 fully saturated rings. The zero-order valence-corrected chi connectivity index (χ0v) is 11.4. The molecule has 96 valence electrons. The van der Waals surface area contributed by atoms with E-state index in [4.69, 9.17) is 0 Å². The highest BCUT2D eigenvalue weighted by atomic mass is 15.3. The number of hydrogen-bond acceptors (Lipinski definition) is 2. The van der Waals surface area contributed by atoms with Crippen LogP contribution in [0.15, 0.2) is 6.07 Å². The highest BCUT2D eigenvalue weighted by Gasteiger charge is 2.29. The van der Waals surface area contributed by atoms with Crippen molar-refractivity contribution in [1.29, 1.82) is 0 Å². The Kier molecular flexibility index (Phi) is 4.21. The van der Waals surface area contributed by atoms with E-state index in [9.17, 15) is 0 Å². The lowest BCUT2D eigenvalue weighted by molar-refractivity contribution is 0.430. The van der Waals surface area contributed by atoms with E-state index in [0.717, 1.165) is 30.7 Å². The summed E-state index contributed by atoms with van der Waals surface area (Å²) >= 11 is 0. The Labute approximate surface area is 105 Å². The van der Waals surface area contributed by atoms with Crippen LogP contribution >= 0.6 is 0 Å². The van der Waals surface area contributed by atoms with E-state index in [-0.39, 0.29) is 0 Å². The van der Waals surface area contributed by atoms with Crippen molar-refractivity contribution in [2.45, 2.75) is 59.0 Å². The van der Waals surface area contributed by atoms with Gasteiger partial charge < -0.3 is 5.32 Å². The van der Waals surface area contributed by atoms with E-state index in [1.54, 1.807) is 0 Å². The van der Waals surface area contributed by atoms with Crippen molar-refractivity contribution in [1.82, 2.24) is 15.1 Å². The molecule has 0 spiro atoms. The van der Waals surface area contributed by atoms with E-state index in [1.807, 2.05) is 0 Å². The van der Waals surface area contributed by atoms with Gasteiger partial charge in [0.25, 0.3) is 0 Å². The molecule has 1 aliphatic rings. The Balaban J connectivity index is 1.67. The van der Waals surface area contributed by atoms with Gasteiger partial charge in [0, 0.05) is 18.3 Å². The van der Waals surface area contributed by atoms with Crippen LogP contribution in [0.3, 0.4) is 0 Å². The lowest BCUT2D eigenvalue weighted by Crippen LogP contribution is -2.31. The first kappa shape index (κ1) is 12.6. The Hall–Kier alpha value is -0.830. The molecule has 1 atom stereocenters. The van der Waals surface area contributed by atoms with E-state index in [1.165, 1.54) is 31.4 Å². The van der Waals surface area contributed by atoms with Gasteiger partial charge in [0.15, 0.2) is 0 Å². The largest absolute Gasteiger partial charge is 0.314 e. The topological polar surface area (TPSA) is 29.9 Å². The smallest absolute Gasteiger partial charge is 0.0596 e. The average Bonchev–Trinajstić information content (AvgIpc) is 3.06. The predicted octanol–water partition coefficient (Wildman–Crippen LogP) is 2.67. The fourth-order valence-corrected chi connectivity index (χ4v) is 2.56. The van der Waals surface area contributed by atoms with Crippen LogP contribution in [0.2, 0.25) is 0 Å². The molecule has 1 aromatic rings. The van der Waals surface area contributed by atoms with Crippen LogP contribution in [0.25, 0.3) is 0 Å². The fourth-order valence-electron chi connectivity index (χ4n) is 2.56. The Morgan fingerprint density at radius 1 is 1.47 bits per heavy atom. The van der Waals surface area contributed by atoms with Crippen molar-refractivity contribution in [3.8, 4) is 0 Å². The molecule has 3 nitrogen and oxygen atoms in total. The quantitative estimate of drug-likeness (QED) is 0.736. The molecule has 1 unspecified atom stereocenters. The second kappa shape index (κ2) is 5.67. The standard InChI is InChI=1S/C14H25N3/c1-4-14(13-6-7-13)15-8-5-9-17-12(3)10-11(2)16-17/h10,13-15H,4-9H2,1-3H3. The van der Waals surface area contributed by atoms with Gasteiger partial charge in [-0.25, -0.2) is 0 Å². The van der Waals surface area contributed by atoms with Crippen molar-refractivity contribution >= 4 is 0 Å². The molecule has 0 amide bonds. The Morgan fingerprint density at radius 3 is 2.76 bits per heavy atom. The number of aromatic nitrogens is 2. The van der Waals surface area contributed by atoms with Crippen molar-refractivity contribution in [2.75, 3.05) is 6.54 Å². The first-order chi connectivity index (χ1) is 8.20. The number of nitrogens with one attached hydrogen (secondary N) is 1. The van der Waals surface area contributed by atoms with Gasteiger partial charge in [-0.2, -0.15) is 5.10 Å². The van der Waals surface area contributed by atoms with Crippen LogP contribution in [-0.4, -0.2) is 22.4 Å². The van der Waals surface area contributed by atoms with E-state index in [0.29, 0.717) is 0 Å². The maximum absolute atomic E-state index is 4.48. The summed E-state index contributed by atoms with van der Waals surface area (Å²) in [7, 11) is 0. The number of nitrogens with zero attached hydrogens (tertiary/aromatic N) is 2. The van der Waals surface area contributed by atoms with Crippen LogP contribution in [0.5, 0.6) is 0 Å². The van der Waals surface area contributed by atoms with Crippen LogP contribution < -0.4 is 5.32 Å². The molecule has 0 radical (unpaired) electrons. The van der Waals surface area contributed by atoms with Gasteiger partial charge in [-0.3, -0.25) is 4.68 Å². The average molecular weight is 235 g/mol. The summed E-state index contributed by atoms with van der Waals surface area (Å²) in [5.41, 5.74) is 2.40. The van der Waals surface area contributed by atoms with Gasteiger partial charge in [-0.1, -0.05) is 6.92 Å². The van der Waals surface area contributed by atoms with Gasteiger partial charge in [-0.15, -0.1) is 0 Å². The maximum Gasteiger partial charge on any atom is 0.0596 e. The van der Waals surface area contributed by atoms with Gasteiger partial charge in [-0.05, 0) is 58.1 Å². The van der Waals surface area contributed by atoms with Crippen LogP contribution in [0.4, 0.5) is 0 Å². The molecule has 1 saturated carbocycles. The summed E-state index contributed by atoms with van der Waals surface area (Å²) < 4.78 is 2.12. The Morgan fingerprint density at radius 2 is 2.24 bits per heavy atom. The molecule has 3 heteroatoms. The van der Waals surface area contributed by atoms with Crippen molar-refractivity contribution in [3.05, 3.63) is 17.5 Å². The summed E-state index contributed by atoms with van der Waals surface area (Å²) in [4.78, 5) is 0. The van der Waals surface area contributed by atoms with Gasteiger partial charge in [0.05, 0.1) is 5.69 Å². The summed E-state index contributed by atoms with van der Waals surface area (Å²) in [5, 5.41) is 8.17. The highest BCUT2D eigenvalue weighted by Crippen LogP contribution is 2.33. The molecule has 2 rings (SSSR count). The number of aryl methyl sites for hydroxylation is 3. The van der Waals surface area contributed by atoms with Crippen molar-refractivity contribution in [2.24, 2.45) is 5.92 Å². The van der Waals surface area contributed by atoms with Crippen LogP contribution in [0.1, 0.15) is 44.0 Å². The van der Waals surface area contributed by atoms with Crippen molar-refractivity contribution in [3.63, 3.8) is 0 Å². The molecule has 1 heterocycles. The first-order valence-electron chi connectivity index (χ1n) is 6.95. The maximum atomic E-state index is 4.48. The number of hydrogen-bond donors (Lipinski definition) is 1. The SMILES string of the molecule is CCC(NCCCn1nc(C)cc1C)C1CC1. The molecule has 1 N–H and O–H groups in total. The minimum Gasteiger partial charge on any atom is -0.314 e. The zero-order valence-electron chi connectivity index (χ0n) is 11.4. The van der Waals surface area contributed by atoms with Crippen LogP contribution in [0, 0.1) is 19.8 Å². The van der Waals surface area contributed by atoms with Gasteiger partial charge >= 0.3 is 0 Å². The second-order valence-corrected chi connectivity index (χ2v) is 5.31. The Bertz CT molecular complexity index is 352. The molecule has 0 saturated heterocycles. The number of rotatable bonds is 7. The second-order valence-electron chi connectivity index (χ2n) is 5.31. The molecular formula is C14H25N3. The normalized spacial score (nSPS) is 17.4. The predicted molar refractivity (Wildman–Crippen MR) is 71.1 cm³/mol. The van der Waals surface area contributed by atoms with E-state index in [2.05, 4.69) is 41.9 Å². The molecule has 0 aromatic carbocycles.